The Kier molecular flexibility index (Phi) is 4.45. The third-order valence-electron chi connectivity index (χ3n) is 2.40. The van der Waals surface area contributed by atoms with E-state index >= 15 is 0 Å². The van der Waals surface area contributed by atoms with Crippen LogP contribution in [-0.2, 0) is 0 Å². The van der Waals surface area contributed by atoms with Crippen molar-refractivity contribution in [3.05, 3.63) is 0 Å². The van der Waals surface area contributed by atoms with Crippen LogP contribution in [0.25, 0.3) is 0 Å². The van der Waals surface area contributed by atoms with Crippen molar-refractivity contribution in [1.29, 1.82) is 0 Å². The molecule has 1 aromatic heterocycles. The van der Waals surface area contributed by atoms with Gasteiger partial charge in [0, 0.05) is 11.8 Å². The minimum atomic E-state index is 0.319. The Labute approximate surface area is 95.6 Å². The summed E-state index contributed by atoms with van der Waals surface area (Å²) in [4.78, 5) is 0. The van der Waals surface area contributed by atoms with Crippen LogP contribution in [-0.4, -0.2) is 20.5 Å². The molecule has 1 unspecified atom stereocenters. The maximum Gasteiger partial charge on any atom is 0.222 e. The number of thioether (sulfide) groups is 1. The molecule has 86 valence electrons. The van der Waals surface area contributed by atoms with Crippen molar-refractivity contribution in [3.8, 4) is 0 Å². The summed E-state index contributed by atoms with van der Waals surface area (Å²) in [6.45, 7) is 8.62. The number of nitrogens with two attached hydrogens (primary N) is 1. The van der Waals surface area contributed by atoms with Crippen molar-refractivity contribution in [2.24, 2.45) is 5.92 Å². The van der Waals surface area contributed by atoms with E-state index in [0.717, 1.165) is 10.9 Å². The van der Waals surface area contributed by atoms with E-state index in [1.807, 2.05) is 4.57 Å². The van der Waals surface area contributed by atoms with Gasteiger partial charge in [0.05, 0.1) is 0 Å². The lowest BCUT2D eigenvalue weighted by atomic mass is 10.2. The standard InChI is InChI=1S/C10H20N4S/c1-5-8(4)6-15-10-13-12-9(11)14(10)7(2)3/h7-8H,5-6H2,1-4H3,(H2,11,12). The molecule has 0 amide bonds. The Bertz CT molecular complexity index is 308. The van der Waals surface area contributed by atoms with Crippen LogP contribution >= 0.6 is 11.8 Å². The van der Waals surface area contributed by atoms with Gasteiger partial charge in [-0.05, 0) is 19.8 Å². The molecule has 1 aromatic rings. The molecule has 0 aromatic carbocycles. The van der Waals surface area contributed by atoms with Gasteiger partial charge in [-0.25, -0.2) is 0 Å². The Morgan fingerprint density at radius 3 is 2.53 bits per heavy atom. The van der Waals surface area contributed by atoms with Crippen LogP contribution in [0.5, 0.6) is 0 Å². The summed E-state index contributed by atoms with van der Waals surface area (Å²) in [7, 11) is 0. The normalized spacial score (nSPS) is 13.4. The third kappa shape index (κ3) is 3.12. The highest BCUT2D eigenvalue weighted by molar-refractivity contribution is 7.99. The summed E-state index contributed by atoms with van der Waals surface area (Å²) in [5, 5.41) is 8.94. The fourth-order valence-electron chi connectivity index (χ4n) is 1.21. The molecule has 0 spiro atoms. The highest BCUT2D eigenvalue weighted by atomic mass is 32.2. The van der Waals surface area contributed by atoms with Crippen molar-refractivity contribution < 1.29 is 0 Å². The predicted octanol–water partition coefficient (Wildman–Crippen LogP) is 2.58. The molecule has 1 atom stereocenters. The Morgan fingerprint density at radius 2 is 2.00 bits per heavy atom. The molecule has 0 radical (unpaired) electrons. The molecule has 0 bridgehead atoms. The summed E-state index contributed by atoms with van der Waals surface area (Å²) in [6, 6.07) is 0.319. The molecular weight excluding hydrogens is 208 g/mol. The zero-order valence-electron chi connectivity index (χ0n) is 9.90. The number of anilines is 1. The van der Waals surface area contributed by atoms with Crippen molar-refractivity contribution in [3.63, 3.8) is 0 Å². The van der Waals surface area contributed by atoms with Crippen LogP contribution in [0.15, 0.2) is 5.16 Å². The average Bonchev–Trinajstić information content (AvgIpc) is 2.56. The zero-order valence-corrected chi connectivity index (χ0v) is 10.7. The van der Waals surface area contributed by atoms with Crippen LogP contribution in [0.4, 0.5) is 5.95 Å². The maximum atomic E-state index is 5.76. The third-order valence-corrected chi connectivity index (χ3v) is 3.67. The largest absolute Gasteiger partial charge is 0.368 e. The number of rotatable bonds is 5. The quantitative estimate of drug-likeness (QED) is 0.787. The second-order valence-corrected chi connectivity index (χ2v) is 5.12. The van der Waals surface area contributed by atoms with Gasteiger partial charge in [0.2, 0.25) is 5.95 Å². The van der Waals surface area contributed by atoms with Gasteiger partial charge in [0.1, 0.15) is 0 Å². The van der Waals surface area contributed by atoms with E-state index in [1.54, 1.807) is 11.8 Å². The summed E-state index contributed by atoms with van der Waals surface area (Å²) in [5.74, 6) is 2.28. The van der Waals surface area contributed by atoms with Gasteiger partial charge in [-0.2, -0.15) is 0 Å². The topological polar surface area (TPSA) is 56.7 Å². The summed E-state index contributed by atoms with van der Waals surface area (Å²) in [6.07, 6.45) is 1.19. The maximum absolute atomic E-state index is 5.76. The van der Waals surface area contributed by atoms with Crippen molar-refractivity contribution >= 4 is 17.7 Å². The molecule has 0 aliphatic heterocycles. The van der Waals surface area contributed by atoms with Crippen LogP contribution in [0.2, 0.25) is 0 Å². The summed E-state index contributed by atoms with van der Waals surface area (Å²) >= 11 is 1.74. The molecular formula is C10H20N4S. The van der Waals surface area contributed by atoms with Crippen molar-refractivity contribution in [2.75, 3.05) is 11.5 Å². The van der Waals surface area contributed by atoms with Gasteiger partial charge in [0.15, 0.2) is 5.16 Å². The average molecular weight is 228 g/mol. The summed E-state index contributed by atoms with van der Waals surface area (Å²) < 4.78 is 1.98. The van der Waals surface area contributed by atoms with E-state index < -0.39 is 0 Å². The lowest BCUT2D eigenvalue weighted by Crippen LogP contribution is -2.07. The van der Waals surface area contributed by atoms with E-state index in [1.165, 1.54) is 6.42 Å². The van der Waals surface area contributed by atoms with Crippen molar-refractivity contribution in [2.45, 2.75) is 45.3 Å². The molecule has 0 fully saturated rings. The minimum Gasteiger partial charge on any atom is -0.368 e. The van der Waals surface area contributed by atoms with E-state index in [0.29, 0.717) is 17.9 Å². The van der Waals surface area contributed by atoms with Gasteiger partial charge < -0.3 is 5.73 Å². The minimum absolute atomic E-state index is 0.319. The highest BCUT2D eigenvalue weighted by Gasteiger charge is 2.13. The molecule has 0 aliphatic carbocycles. The van der Waals surface area contributed by atoms with E-state index in [-0.39, 0.29) is 0 Å². The monoisotopic (exact) mass is 228 g/mol. The summed E-state index contributed by atoms with van der Waals surface area (Å²) in [5.41, 5.74) is 5.76. The van der Waals surface area contributed by atoms with Crippen LogP contribution < -0.4 is 5.73 Å². The van der Waals surface area contributed by atoms with Gasteiger partial charge in [-0.15, -0.1) is 10.2 Å². The fourth-order valence-corrected chi connectivity index (χ4v) is 2.42. The molecule has 0 saturated heterocycles. The van der Waals surface area contributed by atoms with Crippen molar-refractivity contribution in [1.82, 2.24) is 14.8 Å². The van der Waals surface area contributed by atoms with Gasteiger partial charge in [-0.1, -0.05) is 32.0 Å². The SMILES string of the molecule is CCC(C)CSc1nnc(N)n1C(C)C. The molecule has 1 heterocycles. The first-order valence-electron chi connectivity index (χ1n) is 5.39. The first kappa shape index (κ1) is 12.4. The van der Waals surface area contributed by atoms with Crippen LogP contribution in [0, 0.1) is 5.92 Å². The van der Waals surface area contributed by atoms with E-state index in [9.17, 15) is 0 Å². The Hall–Kier alpha value is -0.710. The first-order valence-corrected chi connectivity index (χ1v) is 6.38. The molecule has 4 nitrogen and oxygen atoms in total. The number of hydrogen-bond acceptors (Lipinski definition) is 4. The van der Waals surface area contributed by atoms with Gasteiger partial charge in [0.25, 0.3) is 0 Å². The van der Waals surface area contributed by atoms with Gasteiger partial charge in [-0.3, -0.25) is 4.57 Å². The highest BCUT2D eigenvalue weighted by Crippen LogP contribution is 2.24. The molecule has 5 heteroatoms. The number of nitrogens with zero attached hydrogens (tertiary/aromatic N) is 3. The smallest absolute Gasteiger partial charge is 0.222 e. The van der Waals surface area contributed by atoms with E-state index in [2.05, 4.69) is 37.9 Å². The van der Waals surface area contributed by atoms with Gasteiger partial charge >= 0.3 is 0 Å². The number of hydrogen-bond donors (Lipinski definition) is 1. The zero-order chi connectivity index (χ0) is 11.4. The molecule has 2 N–H and O–H groups in total. The van der Waals surface area contributed by atoms with Crippen LogP contribution in [0.1, 0.15) is 40.2 Å². The Morgan fingerprint density at radius 1 is 1.33 bits per heavy atom. The number of aromatic nitrogens is 3. The lowest BCUT2D eigenvalue weighted by Gasteiger charge is -2.12. The molecule has 1 rings (SSSR count). The lowest BCUT2D eigenvalue weighted by molar-refractivity contribution is 0.555. The fraction of sp³-hybridized carbons (Fsp3) is 0.800. The molecule has 0 aliphatic rings. The Balaban J connectivity index is 2.68. The first-order chi connectivity index (χ1) is 7.06. The second-order valence-electron chi connectivity index (χ2n) is 4.13. The second kappa shape index (κ2) is 5.39. The molecule has 0 saturated carbocycles. The molecule has 15 heavy (non-hydrogen) atoms. The van der Waals surface area contributed by atoms with E-state index in [4.69, 9.17) is 5.73 Å². The van der Waals surface area contributed by atoms with Crippen LogP contribution in [0.3, 0.4) is 0 Å². The number of nitrogen functional groups attached to an aromatic ring is 1. The predicted molar refractivity (Wildman–Crippen MR) is 65.0 cm³/mol.